The Morgan fingerprint density at radius 1 is 1.08 bits per heavy atom. The summed E-state index contributed by atoms with van der Waals surface area (Å²) in [6, 6.07) is 13.5. The van der Waals surface area contributed by atoms with Crippen LogP contribution in [0.3, 0.4) is 0 Å². The summed E-state index contributed by atoms with van der Waals surface area (Å²) in [6.45, 7) is 0.620. The maximum atomic E-state index is 12.3. The van der Waals surface area contributed by atoms with Gasteiger partial charge in [0.2, 0.25) is 0 Å². The number of nitrogens with zero attached hydrogens (tertiary/aromatic N) is 2. The predicted molar refractivity (Wildman–Crippen MR) is 94.2 cm³/mol. The van der Waals surface area contributed by atoms with E-state index in [0.29, 0.717) is 22.8 Å². The predicted octanol–water partition coefficient (Wildman–Crippen LogP) is 3.71. The molecule has 0 aliphatic heterocycles. The highest BCUT2D eigenvalue weighted by atomic mass is 35.5. The molecule has 0 fully saturated rings. The molecule has 1 N–H and O–H groups in total. The van der Waals surface area contributed by atoms with Crippen LogP contribution in [-0.2, 0) is 13.0 Å². The smallest absolute Gasteiger partial charge is 0.335 e. The Kier molecular flexibility index (Phi) is 4.95. The number of carboxylic acids is 1. The molecule has 6 heteroatoms. The number of Topliss-reactive ketones (excluding diaryl/α,β-unsaturated/α-hetero) is 1. The minimum Gasteiger partial charge on any atom is -0.478 e. The van der Waals surface area contributed by atoms with Gasteiger partial charge in [0.25, 0.3) is 0 Å². The standard InChI is InChI=1S/C19H15ClN2O3/c20-16-3-1-2-13(8-16)10-22-11-17(21-12-22)9-18(23)14-4-6-15(7-5-14)19(24)25/h1-8,11-12H,9-10H2,(H,24,25). The number of ketones is 1. The van der Waals surface area contributed by atoms with E-state index in [2.05, 4.69) is 4.98 Å². The number of carbonyl (C=O) groups is 2. The van der Waals surface area contributed by atoms with Gasteiger partial charge in [-0.05, 0) is 29.8 Å². The van der Waals surface area contributed by atoms with Crippen molar-refractivity contribution in [3.63, 3.8) is 0 Å². The van der Waals surface area contributed by atoms with Crippen molar-refractivity contribution in [3.05, 3.63) is 88.5 Å². The molecule has 0 radical (unpaired) electrons. The number of rotatable bonds is 6. The van der Waals surface area contributed by atoms with E-state index in [1.54, 1.807) is 6.33 Å². The molecule has 0 unspecified atom stereocenters. The van der Waals surface area contributed by atoms with E-state index < -0.39 is 5.97 Å². The highest BCUT2D eigenvalue weighted by Crippen LogP contribution is 2.13. The van der Waals surface area contributed by atoms with Crippen LogP contribution in [0.4, 0.5) is 0 Å². The van der Waals surface area contributed by atoms with Crippen molar-refractivity contribution in [2.45, 2.75) is 13.0 Å². The monoisotopic (exact) mass is 354 g/mol. The molecule has 0 aliphatic rings. The third-order valence-electron chi connectivity index (χ3n) is 3.74. The molecule has 3 aromatic rings. The van der Waals surface area contributed by atoms with Crippen LogP contribution in [0.1, 0.15) is 32.0 Å². The van der Waals surface area contributed by atoms with E-state index in [1.165, 1.54) is 24.3 Å². The second-order valence-electron chi connectivity index (χ2n) is 5.65. The Bertz CT molecular complexity index is 916. The lowest BCUT2D eigenvalue weighted by Crippen LogP contribution is -2.05. The van der Waals surface area contributed by atoms with Crippen molar-refractivity contribution in [1.82, 2.24) is 9.55 Å². The number of carbonyl (C=O) groups excluding carboxylic acids is 1. The summed E-state index contributed by atoms with van der Waals surface area (Å²) in [4.78, 5) is 27.4. The highest BCUT2D eigenvalue weighted by Gasteiger charge is 2.11. The normalized spacial score (nSPS) is 10.6. The lowest BCUT2D eigenvalue weighted by atomic mass is 10.1. The summed E-state index contributed by atoms with van der Waals surface area (Å²) in [5.41, 5.74) is 2.33. The summed E-state index contributed by atoms with van der Waals surface area (Å²) in [5.74, 6) is -1.12. The van der Waals surface area contributed by atoms with Crippen LogP contribution < -0.4 is 0 Å². The fourth-order valence-corrected chi connectivity index (χ4v) is 2.71. The molecule has 0 atom stereocenters. The highest BCUT2D eigenvalue weighted by molar-refractivity contribution is 6.30. The summed E-state index contributed by atoms with van der Waals surface area (Å²) in [7, 11) is 0. The van der Waals surface area contributed by atoms with Crippen molar-refractivity contribution in [1.29, 1.82) is 0 Å². The Labute approximate surface area is 149 Å². The largest absolute Gasteiger partial charge is 0.478 e. The van der Waals surface area contributed by atoms with E-state index in [-0.39, 0.29) is 17.8 Å². The third-order valence-corrected chi connectivity index (χ3v) is 3.97. The van der Waals surface area contributed by atoms with Crippen molar-refractivity contribution in [2.24, 2.45) is 0 Å². The fraction of sp³-hybridized carbons (Fsp3) is 0.105. The maximum Gasteiger partial charge on any atom is 0.335 e. The number of hydrogen-bond donors (Lipinski definition) is 1. The molecule has 2 aromatic carbocycles. The second kappa shape index (κ2) is 7.32. The van der Waals surface area contributed by atoms with Gasteiger partial charge < -0.3 is 9.67 Å². The molecule has 0 spiro atoms. The quantitative estimate of drug-likeness (QED) is 0.685. The van der Waals surface area contributed by atoms with Gasteiger partial charge in [0.15, 0.2) is 5.78 Å². The minimum absolute atomic E-state index is 0.107. The molecule has 0 bridgehead atoms. The first-order valence-electron chi connectivity index (χ1n) is 7.63. The molecular formula is C19H15ClN2O3. The first kappa shape index (κ1) is 16.9. The Morgan fingerprint density at radius 2 is 1.80 bits per heavy atom. The average molecular weight is 355 g/mol. The van der Waals surface area contributed by atoms with Crippen LogP contribution in [0.2, 0.25) is 5.02 Å². The van der Waals surface area contributed by atoms with Crippen LogP contribution in [-0.4, -0.2) is 26.4 Å². The lowest BCUT2D eigenvalue weighted by molar-refractivity contribution is 0.0696. The Morgan fingerprint density at radius 3 is 2.48 bits per heavy atom. The van der Waals surface area contributed by atoms with Gasteiger partial charge in [-0.1, -0.05) is 35.9 Å². The minimum atomic E-state index is -1.02. The van der Waals surface area contributed by atoms with Crippen LogP contribution >= 0.6 is 11.6 Å². The summed E-state index contributed by atoms with van der Waals surface area (Å²) < 4.78 is 1.89. The first-order valence-corrected chi connectivity index (χ1v) is 8.01. The van der Waals surface area contributed by atoms with Crippen molar-refractivity contribution in [3.8, 4) is 0 Å². The van der Waals surface area contributed by atoms with Gasteiger partial charge in [-0.15, -0.1) is 0 Å². The van der Waals surface area contributed by atoms with Gasteiger partial charge >= 0.3 is 5.97 Å². The van der Waals surface area contributed by atoms with Crippen LogP contribution in [0.25, 0.3) is 0 Å². The fourth-order valence-electron chi connectivity index (χ4n) is 2.50. The molecule has 126 valence electrons. The van der Waals surface area contributed by atoms with E-state index >= 15 is 0 Å². The topological polar surface area (TPSA) is 72.2 Å². The van der Waals surface area contributed by atoms with E-state index in [0.717, 1.165) is 5.56 Å². The number of hydrogen-bond acceptors (Lipinski definition) is 3. The van der Waals surface area contributed by atoms with Gasteiger partial charge in [-0.3, -0.25) is 4.79 Å². The van der Waals surface area contributed by atoms with Gasteiger partial charge in [0.05, 0.1) is 24.0 Å². The van der Waals surface area contributed by atoms with Crippen molar-refractivity contribution in [2.75, 3.05) is 0 Å². The first-order chi connectivity index (χ1) is 12.0. The lowest BCUT2D eigenvalue weighted by Gasteiger charge is -2.03. The summed E-state index contributed by atoms with van der Waals surface area (Å²) >= 11 is 5.98. The molecule has 1 aromatic heterocycles. The molecule has 1 heterocycles. The number of halogens is 1. The number of imidazole rings is 1. The number of aromatic nitrogens is 2. The Balaban J connectivity index is 1.66. The summed E-state index contributed by atoms with van der Waals surface area (Å²) in [5, 5.41) is 9.56. The van der Waals surface area contributed by atoms with Crippen molar-refractivity contribution < 1.29 is 14.7 Å². The van der Waals surface area contributed by atoms with Gasteiger partial charge in [0.1, 0.15) is 0 Å². The molecule has 25 heavy (non-hydrogen) atoms. The van der Waals surface area contributed by atoms with Crippen LogP contribution in [0.15, 0.2) is 61.1 Å². The van der Waals surface area contributed by atoms with Crippen LogP contribution in [0.5, 0.6) is 0 Å². The van der Waals surface area contributed by atoms with Gasteiger partial charge in [-0.25, -0.2) is 9.78 Å². The van der Waals surface area contributed by atoms with Gasteiger partial charge in [0, 0.05) is 23.3 Å². The number of aromatic carboxylic acids is 1. The van der Waals surface area contributed by atoms with Crippen molar-refractivity contribution >= 4 is 23.4 Å². The molecule has 0 amide bonds. The third kappa shape index (κ3) is 4.33. The number of benzene rings is 2. The number of carboxylic acid groups (broad SMARTS) is 1. The van der Waals surface area contributed by atoms with E-state index in [9.17, 15) is 9.59 Å². The van der Waals surface area contributed by atoms with Gasteiger partial charge in [-0.2, -0.15) is 0 Å². The van der Waals surface area contributed by atoms with E-state index in [4.69, 9.17) is 16.7 Å². The molecule has 0 saturated heterocycles. The second-order valence-corrected chi connectivity index (χ2v) is 6.09. The molecule has 5 nitrogen and oxygen atoms in total. The van der Waals surface area contributed by atoms with E-state index in [1.807, 2.05) is 35.0 Å². The molecule has 0 aliphatic carbocycles. The summed E-state index contributed by atoms with van der Waals surface area (Å²) in [6.07, 6.45) is 3.66. The van der Waals surface area contributed by atoms with Crippen LogP contribution in [0, 0.1) is 0 Å². The SMILES string of the molecule is O=C(O)c1ccc(C(=O)Cc2cn(Cc3cccc(Cl)c3)cn2)cc1. The molecular weight excluding hydrogens is 340 g/mol. The molecule has 0 saturated carbocycles. The zero-order valence-corrected chi connectivity index (χ0v) is 14.0. The average Bonchev–Trinajstić information content (AvgIpc) is 3.01. The molecule has 3 rings (SSSR count). The zero-order valence-electron chi connectivity index (χ0n) is 13.2. The zero-order chi connectivity index (χ0) is 17.8. The maximum absolute atomic E-state index is 12.3. The Hall–Kier alpha value is -2.92.